The SMILES string of the molecule is CNC(=O)c1cccc(-c2c(F)cccc2F)c1. The summed E-state index contributed by atoms with van der Waals surface area (Å²) < 4.78 is 27.2. The Morgan fingerprint density at radius 1 is 1.06 bits per heavy atom. The number of carbonyl (C=O) groups excluding carboxylic acids is 1. The first-order chi connectivity index (χ1) is 8.63. The van der Waals surface area contributed by atoms with Crippen LogP contribution in [0.4, 0.5) is 8.78 Å². The van der Waals surface area contributed by atoms with Crippen LogP contribution in [-0.2, 0) is 0 Å². The van der Waals surface area contributed by atoms with Gasteiger partial charge in [0.1, 0.15) is 11.6 Å². The predicted octanol–water partition coefficient (Wildman–Crippen LogP) is 2.99. The first-order valence-corrected chi connectivity index (χ1v) is 5.40. The lowest BCUT2D eigenvalue weighted by Crippen LogP contribution is -2.17. The molecule has 0 spiro atoms. The molecule has 1 N–H and O–H groups in total. The van der Waals surface area contributed by atoms with E-state index >= 15 is 0 Å². The first-order valence-electron chi connectivity index (χ1n) is 5.40. The maximum Gasteiger partial charge on any atom is 0.251 e. The Morgan fingerprint density at radius 3 is 2.28 bits per heavy atom. The molecule has 18 heavy (non-hydrogen) atoms. The highest BCUT2D eigenvalue weighted by molar-refractivity contribution is 5.95. The number of hydrogen-bond acceptors (Lipinski definition) is 1. The Hall–Kier alpha value is -2.23. The molecule has 0 aliphatic rings. The van der Waals surface area contributed by atoms with Gasteiger partial charge < -0.3 is 5.32 Å². The minimum atomic E-state index is -0.649. The van der Waals surface area contributed by atoms with E-state index in [2.05, 4.69) is 5.32 Å². The van der Waals surface area contributed by atoms with Crippen molar-refractivity contribution in [3.05, 3.63) is 59.7 Å². The summed E-state index contributed by atoms with van der Waals surface area (Å²) in [5.41, 5.74) is 0.576. The zero-order chi connectivity index (χ0) is 13.1. The first kappa shape index (κ1) is 12.2. The number of halogens is 2. The molecule has 0 aliphatic carbocycles. The molecular formula is C14H11F2NO. The quantitative estimate of drug-likeness (QED) is 0.868. The highest BCUT2D eigenvalue weighted by Crippen LogP contribution is 2.26. The van der Waals surface area contributed by atoms with Crippen LogP contribution < -0.4 is 5.32 Å². The number of nitrogens with one attached hydrogen (secondary N) is 1. The summed E-state index contributed by atoms with van der Waals surface area (Å²) in [4.78, 5) is 11.5. The van der Waals surface area contributed by atoms with Gasteiger partial charge in [-0.15, -0.1) is 0 Å². The van der Waals surface area contributed by atoms with Crippen LogP contribution in [-0.4, -0.2) is 13.0 Å². The average molecular weight is 247 g/mol. The molecule has 0 heterocycles. The molecule has 0 saturated carbocycles. The fraction of sp³-hybridized carbons (Fsp3) is 0.0714. The molecule has 92 valence electrons. The Bertz CT molecular complexity index is 576. The molecule has 0 radical (unpaired) electrons. The van der Waals surface area contributed by atoms with Gasteiger partial charge in [-0.1, -0.05) is 18.2 Å². The van der Waals surface area contributed by atoms with E-state index in [0.29, 0.717) is 11.1 Å². The monoisotopic (exact) mass is 247 g/mol. The standard InChI is InChI=1S/C14H11F2NO/c1-17-14(18)10-5-2-4-9(8-10)13-11(15)6-3-7-12(13)16/h2-8H,1H3,(H,17,18). The highest BCUT2D eigenvalue weighted by atomic mass is 19.1. The molecule has 0 aliphatic heterocycles. The van der Waals surface area contributed by atoms with E-state index < -0.39 is 11.6 Å². The van der Waals surface area contributed by atoms with Crippen molar-refractivity contribution in [2.24, 2.45) is 0 Å². The summed E-state index contributed by atoms with van der Waals surface area (Å²) in [6, 6.07) is 9.87. The van der Waals surface area contributed by atoms with Crippen molar-refractivity contribution in [2.45, 2.75) is 0 Å². The zero-order valence-electron chi connectivity index (χ0n) is 9.71. The molecule has 2 aromatic rings. The van der Waals surface area contributed by atoms with Crippen LogP contribution in [0.1, 0.15) is 10.4 Å². The second kappa shape index (κ2) is 4.96. The van der Waals surface area contributed by atoms with Gasteiger partial charge in [-0.05, 0) is 29.8 Å². The summed E-state index contributed by atoms with van der Waals surface area (Å²) in [7, 11) is 1.50. The van der Waals surface area contributed by atoms with Crippen LogP contribution in [0.5, 0.6) is 0 Å². The average Bonchev–Trinajstić information content (AvgIpc) is 2.38. The van der Waals surface area contributed by atoms with E-state index in [-0.39, 0.29) is 11.5 Å². The molecule has 0 aromatic heterocycles. The molecule has 2 aromatic carbocycles. The van der Waals surface area contributed by atoms with E-state index in [1.807, 2.05) is 0 Å². The highest BCUT2D eigenvalue weighted by Gasteiger charge is 2.12. The van der Waals surface area contributed by atoms with Gasteiger partial charge in [0.25, 0.3) is 5.91 Å². The van der Waals surface area contributed by atoms with E-state index in [9.17, 15) is 13.6 Å². The van der Waals surface area contributed by atoms with Crippen LogP contribution >= 0.6 is 0 Å². The third-order valence-corrected chi connectivity index (χ3v) is 2.60. The normalized spacial score (nSPS) is 10.2. The Balaban J connectivity index is 2.55. The van der Waals surface area contributed by atoms with E-state index in [0.717, 1.165) is 0 Å². The van der Waals surface area contributed by atoms with Crippen LogP contribution in [0.15, 0.2) is 42.5 Å². The third kappa shape index (κ3) is 2.22. The van der Waals surface area contributed by atoms with Crippen LogP contribution in [0.2, 0.25) is 0 Å². The van der Waals surface area contributed by atoms with Crippen molar-refractivity contribution < 1.29 is 13.6 Å². The van der Waals surface area contributed by atoms with E-state index in [1.165, 1.54) is 31.3 Å². The predicted molar refractivity (Wildman–Crippen MR) is 65.2 cm³/mol. The molecule has 2 rings (SSSR count). The van der Waals surface area contributed by atoms with Crippen molar-refractivity contribution in [1.29, 1.82) is 0 Å². The number of benzene rings is 2. The lowest BCUT2D eigenvalue weighted by atomic mass is 10.0. The minimum absolute atomic E-state index is 0.122. The molecule has 4 heteroatoms. The summed E-state index contributed by atoms with van der Waals surface area (Å²) >= 11 is 0. The topological polar surface area (TPSA) is 29.1 Å². The molecule has 0 fully saturated rings. The van der Waals surface area contributed by atoms with Crippen LogP contribution in [0, 0.1) is 11.6 Å². The van der Waals surface area contributed by atoms with E-state index in [1.54, 1.807) is 18.2 Å². The largest absolute Gasteiger partial charge is 0.355 e. The smallest absolute Gasteiger partial charge is 0.251 e. The van der Waals surface area contributed by atoms with Gasteiger partial charge in [0.2, 0.25) is 0 Å². The van der Waals surface area contributed by atoms with Gasteiger partial charge in [0.05, 0.1) is 5.56 Å². The number of carbonyl (C=O) groups is 1. The lowest BCUT2D eigenvalue weighted by Gasteiger charge is -2.07. The van der Waals surface area contributed by atoms with Gasteiger partial charge in [-0.3, -0.25) is 4.79 Å². The summed E-state index contributed by atoms with van der Waals surface area (Å²) in [5, 5.41) is 2.46. The maximum absolute atomic E-state index is 13.6. The molecule has 1 amide bonds. The maximum atomic E-state index is 13.6. The van der Waals surface area contributed by atoms with Gasteiger partial charge in [-0.2, -0.15) is 0 Å². The van der Waals surface area contributed by atoms with Gasteiger partial charge in [0, 0.05) is 12.6 Å². The fourth-order valence-electron chi connectivity index (χ4n) is 1.73. The third-order valence-electron chi connectivity index (χ3n) is 2.60. The fourth-order valence-corrected chi connectivity index (χ4v) is 1.73. The van der Waals surface area contributed by atoms with Gasteiger partial charge in [-0.25, -0.2) is 8.78 Å². The van der Waals surface area contributed by atoms with Crippen molar-refractivity contribution in [3.63, 3.8) is 0 Å². The van der Waals surface area contributed by atoms with Crippen molar-refractivity contribution in [2.75, 3.05) is 7.05 Å². The minimum Gasteiger partial charge on any atom is -0.355 e. The number of amides is 1. The van der Waals surface area contributed by atoms with E-state index in [4.69, 9.17) is 0 Å². The zero-order valence-corrected chi connectivity index (χ0v) is 9.71. The van der Waals surface area contributed by atoms with Gasteiger partial charge in [0.15, 0.2) is 0 Å². The molecule has 0 bridgehead atoms. The molecular weight excluding hydrogens is 236 g/mol. The van der Waals surface area contributed by atoms with Crippen LogP contribution in [0.25, 0.3) is 11.1 Å². The Kier molecular flexibility index (Phi) is 3.37. The summed E-state index contributed by atoms with van der Waals surface area (Å²) in [6.07, 6.45) is 0. The second-order valence-electron chi connectivity index (χ2n) is 3.76. The second-order valence-corrected chi connectivity index (χ2v) is 3.76. The Morgan fingerprint density at radius 2 is 1.67 bits per heavy atom. The van der Waals surface area contributed by atoms with Crippen molar-refractivity contribution >= 4 is 5.91 Å². The molecule has 0 unspecified atom stereocenters. The molecule has 0 saturated heterocycles. The number of hydrogen-bond donors (Lipinski definition) is 1. The molecule has 0 atom stereocenters. The number of rotatable bonds is 2. The Labute approximate surface area is 103 Å². The summed E-state index contributed by atoms with van der Waals surface area (Å²) in [6.45, 7) is 0. The summed E-state index contributed by atoms with van der Waals surface area (Å²) in [5.74, 6) is -1.60. The lowest BCUT2D eigenvalue weighted by molar-refractivity contribution is 0.0963. The van der Waals surface area contributed by atoms with Gasteiger partial charge >= 0.3 is 0 Å². The van der Waals surface area contributed by atoms with Crippen molar-refractivity contribution in [3.8, 4) is 11.1 Å². The molecule has 2 nitrogen and oxygen atoms in total. The van der Waals surface area contributed by atoms with Crippen LogP contribution in [0.3, 0.4) is 0 Å². The van der Waals surface area contributed by atoms with Crippen molar-refractivity contribution in [1.82, 2.24) is 5.32 Å².